The lowest BCUT2D eigenvalue weighted by Gasteiger charge is -2.13. The van der Waals surface area contributed by atoms with Crippen LogP contribution in [0, 0.1) is 0 Å². The molecule has 0 aliphatic rings. The second kappa shape index (κ2) is 6.87. The van der Waals surface area contributed by atoms with Gasteiger partial charge in [-0.2, -0.15) is 0 Å². The van der Waals surface area contributed by atoms with E-state index in [0.717, 1.165) is 0 Å². The van der Waals surface area contributed by atoms with Crippen molar-refractivity contribution in [2.75, 3.05) is 7.11 Å². The number of hydrogen-bond donors (Lipinski definition) is 2. The number of nitrogens with two attached hydrogens (primary N) is 1. The van der Waals surface area contributed by atoms with Crippen LogP contribution in [0.3, 0.4) is 0 Å². The molecule has 0 amide bonds. The van der Waals surface area contributed by atoms with E-state index in [2.05, 4.69) is 0 Å². The maximum atomic E-state index is 12.6. The number of aliphatic carboxylic acids is 1. The molecule has 0 aliphatic heterocycles. The monoisotopic (exact) mass is 299 g/mol. The first-order valence-electron chi connectivity index (χ1n) is 6.78. The van der Waals surface area contributed by atoms with Crippen LogP contribution >= 0.6 is 0 Å². The first-order valence-corrected chi connectivity index (χ1v) is 6.78. The number of rotatable bonds is 6. The number of methoxy groups -OCH3 is 1. The van der Waals surface area contributed by atoms with Gasteiger partial charge in [0.1, 0.15) is 11.8 Å². The second-order valence-corrected chi connectivity index (χ2v) is 4.87. The minimum atomic E-state index is -1.10. The number of carbonyl (C=O) groups excluding carboxylic acids is 1. The van der Waals surface area contributed by atoms with Gasteiger partial charge in [0.15, 0.2) is 5.78 Å². The quantitative estimate of drug-likeness (QED) is 0.795. The number of carboxylic acids is 1. The molecule has 2 aromatic carbocycles. The minimum Gasteiger partial charge on any atom is -0.497 e. The third kappa shape index (κ3) is 3.51. The van der Waals surface area contributed by atoms with Gasteiger partial charge in [-0.15, -0.1) is 0 Å². The van der Waals surface area contributed by atoms with E-state index < -0.39 is 12.0 Å². The molecule has 0 heterocycles. The van der Waals surface area contributed by atoms with Gasteiger partial charge >= 0.3 is 5.97 Å². The molecule has 5 heteroatoms. The summed E-state index contributed by atoms with van der Waals surface area (Å²) >= 11 is 0. The van der Waals surface area contributed by atoms with E-state index in [0.29, 0.717) is 22.4 Å². The van der Waals surface area contributed by atoms with Crippen molar-refractivity contribution in [2.24, 2.45) is 5.73 Å². The molecule has 1 unspecified atom stereocenters. The molecule has 114 valence electrons. The number of carbonyl (C=O) groups is 2. The highest BCUT2D eigenvalue weighted by atomic mass is 16.5. The fourth-order valence-corrected chi connectivity index (χ4v) is 2.14. The van der Waals surface area contributed by atoms with Crippen LogP contribution in [0.5, 0.6) is 5.75 Å². The molecular weight excluding hydrogens is 282 g/mol. The molecule has 0 aromatic heterocycles. The molecule has 5 nitrogen and oxygen atoms in total. The van der Waals surface area contributed by atoms with Gasteiger partial charge in [0.05, 0.1) is 7.11 Å². The summed E-state index contributed by atoms with van der Waals surface area (Å²) in [6.07, 6.45) is 0.0766. The average molecular weight is 299 g/mol. The van der Waals surface area contributed by atoms with Crippen LogP contribution in [0.4, 0.5) is 0 Å². The average Bonchev–Trinajstić information content (AvgIpc) is 2.55. The molecule has 1 atom stereocenters. The Balaban J connectivity index is 2.43. The Labute approximate surface area is 128 Å². The Hall–Kier alpha value is -2.66. The summed E-state index contributed by atoms with van der Waals surface area (Å²) in [5, 5.41) is 8.96. The molecule has 0 bridgehead atoms. The summed E-state index contributed by atoms with van der Waals surface area (Å²) in [5.41, 5.74) is 7.11. The smallest absolute Gasteiger partial charge is 0.320 e. The third-order valence-corrected chi connectivity index (χ3v) is 3.35. The van der Waals surface area contributed by atoms with Gasteiger partial charge in [0.2, 0.25) is 0 Å². The summed E-state index contributed by atoms with van der Waals surface area (Å²) in [7, 11) is 1.51. The Morgan fingerprint density at radius 3 is 2.45 bits per heavy atom. The van der Waals surface area contributed by atoms with Crippen molar-refractivity contribution in [1.29, 1.82) is 0 Å². The van der Waals surface area contributed by atoms with E-state index in [-0.39, 0.29) is 12.2 Å². The van der Waals surface area contributed by atoms with Crippen molar-refractivity contribution in [3.8, 4) is 5.75 Å². The van der Waals surface area contributed by atoms with Crippen LogP contribution in [0.15, 0.2) is 48.5 Å². The fraction of sp³-hybridized carbons (Fsp3) is 0.176. The molecule has 0 fully saturated rings. The van der Waals surface area contributed by atoms with Crippen LogP contribution in [0.2, 0.25) is 0 Å². The third-order valence-electron chi connectivity index (χ3n) is 3.35. The fourth-order valence-electron chi connectivity index (χ4n) is 2.14. The van der Waals surface area contributed by atoms with Gasteiger partial charge in [0.25, 0.3) is 0 Å². The first kappa shape index (κ1) is 15.7. The van der Waals surface area contributed by atoms with Gasteiger partial charge in [0, 0.05) is 11.1 Å². The van der Waals surface area contributed by atoms with Crippen molar-refractivity contribution >= 4 is 11.8 Å². The van der Waals surface area contributed by atoms with E-state index in [1.807, 2.05) is 6.07 Å². The van der Waals surface area contributed by atoms with E-state index in [9.17, 15) is 9.59 Å². The number of ether oxygens (including phenoxy) is 1. The maximum Gasteiger partial charge on any atom is 0.320 e. The van der Waals surface area contributed by atoms with Crippen LogP contribution in [0.25, 0.3) is 0 Å². The molecule has 0 radical (unpaired) electrons. The molecule has 0 aliphatic carbocycles. The Bertz CT molecular complexity index is 682. The zero-order valence-corrected chi connectivity index (χ0v) is 12.2. The Morgan fingerprint density at radius 2 is 1.86 bits per heavy atom. The van der Waals surface area contributed by atoms with Gasteiger partial charge < -0.3 is 15.6 Å². The van der Waals surface area contributed by atoms with Gasteiger partial charge in [-0.3, -0.25) is 9.59 Å². The highest BCUT2D eigenvalue weighted by molar-refractivity contribution is 6.10. The van der Waals surface area contributed by atoms with Crippen molar-refractivity contribution in [1.82, 2.24) is 0 Å². The van der Waals surface area contributed by atoms with Gasteiger partial charge in [-0.1, -0.05) is 36.4 Å². The van der Waals surface area contributed by atoms with Crippen LogP contribution in [-0.2, 0) is 11.2 Å². The van der Waals surface area contributed by atoms with Crippen molar-refractivity contribution < 1.29 is 19.4 Å². The van der Waals surface area contributed by atoms with E-state index >= 15 is 0 Å². The number of hydrogen-bond acceptors (Lipinski definition) is 4. The van der Waals surface area contributed by atoms with Gasteiger partial charge in [-0.05, 0) is 24.1 Å². The van der Waals surface area contributed by atoms with Crippen LogP contribution < -0.4 is 10.5 Å². The van der Waals surface area contributed by atoms with Crippen LogP contribution in [0.1, 0.15) is 21.5 Å². The summed E-state index contributed by atoms with van der Waals surface area (Å²) in [6, 6.07) is 12.7. The molecule has 2 aromatic rings. The lowest BCUT2D eigenvalue weighted by molar-refractivity contribution is -0.138. The Morgan fingerprint density at radius 1 is 1.18 bits per heavy atom. The predicted molar refractivity (Wildman–Crippen MR) is 82.2 cm³/mol. The van der Waals surface area contributed by atoms with Crippen LogP contribution in [-0.4, -0.2) is 30.0 Å². The standard InChI is InChI=1S/C17H17NO4/c1-22-13-8-7-12(9-15(18)17(20)21)14(10-13)16(19)11-5-3-2-4-6-11/h2-8,10,15H,9,18H2,1H3,(H,20,21). The summed E-state index contributed by atoms with van der Waals surface area (Å²) in [5.74, 6) is -0.757. The number of ketones is 1. The molecule has 3 N–H and O–H groups in total. The minimum absolute atomic E-state index is 0.0766. The summed E-state index contributed by atoms with van der Waals surface area (Å²) in [6.45, 7) is 0. The van der Waals surface area contributed by atoms with Gasteiger partial charge in [-0.25, -0.2) is 0 Å². The summed E-state index contributed by atoms with van der Waals surface area (Å²) in [4.78, 5) is 23.6. The highest BCUT2D eigenvalue weighted by Crippen LogP contribution is 2.22. The molecule has 2 rings (SSSR count). The molecule has 0 saturated heterocycles. The van der Waals surface area contributed by atoms with E-state index in [4.69, 9.17) is 15.6 Å². The number of carboxylic acid groups (broad SMARTS) is 1. The first-order chi connectivity index (χ1) is 10.5. The lowest BCUT2D eigenvalue weighted by Crippen LogP contribution is -2.32. The SMILES string of the molecule is COc1ccc(CC(N)C(=O)O)c(C(=O)c2ccccc2)c1. The summed E-state index contributed by atoms with van der Waals surface area (Å²) < 4.78 is 5.15. The molecule has 0 saturated carbocycles. The highest BCUT2D eigenvalue weighted by Gasteiger charge is 2.19. The molecule has 22 heavy (non-hydrogen) atoms. The van der Waals surface area contributed by atoms with Crippen molar-refractivity contribution in [2.45, 2.75) is 12.5 Å². The van der Waals surface area contributed by atoms with Crippen molar-refractivity contribution in [3.05, 3.63) is 65.2 Å². The zero-order chi connectivity index (χ0) is 16.1. The predicted octanol–water partition coefficient (Wildman–Crippen LogP) is 1.88. The number of benzene rings is 2. The zero-order valence-electron chi connectivity index (χ0n) is 12.2. The van der Waals surface area contributed by atoms with E-state index in [1.165, 1.54) is 7.11 Å². The topological polar surface area (TPSA) is 89.6 Å². The molecular formula is C17H17NO4. The Kier molecular flexibility index (Phi) is 4.91. The second-order valence-electron chi connectivity index (χ2n) is 4.87. The maximum absolute atomic E-state index is 12.6. The normalized spacial score (nSPS) is 11.7. The lowest BCUT2D eigenvalue weighted by atomic mass is 9.94. The molecule has 0 spiro atoms. The largest absolute Gasteiger partial charge is 0.497 e. The van der Waals surface area contributed by atoms with E-state index in [1.54, 1.807) is 42.5 Å². The van der Waals surface area contributed by atoms with Crippen molar-refractivity contribution in [3.63, 3.8) is 0 Å².